The second-order valence-corrected chi connectivity index (χ2v) is 6.69. The number of amides is 1. The van der Waals surface area contributed by atoms with Crippen molar-refractivity contribution in [3.05, 3.63) is 63.7 Å². The van der Waals surface area contributed by atoms with Crippen LogP contribution in [0.3, 0.4) is 0 Å². The van der Waals surface area contributed by atoms with Crippen molar-refractivity contribution in [2.75, 3.05) is 37.7 Å². The maximum absolute atomic E-state index is 13.4. The molecule has 1 aliphatic heterocycles. The molecule has 160 valence electrons. The zero-order chi connectivity index (χ0) is 21.9. The number of carbonyl (C=O) groups excluding carboxylic acids is 1. The topological polar surface area (TPSA) is 75.9 Å². The van der Waals surface area contributed by atoms with Gasteiger partial charge in [0.1, 0.15) is 5.75 Å². The molecular weight excluding hydrogens is 403 g/mol. The van der Waals surface area contributed by atoms with Gasteiger partial charge in [-0.2, -0.15) is 13.2 Å². The van der Waals surface area contributed by atoms with Crippen molar-refractivity contribution in [3.63, 3.8) is 0 Å². The van der Waals surface area contributed by atoms with Crippen LogP contribution in [0.5, 0.6) is 5.75 Å². The van der Waals surface area contributed by atoms with Crippen LogP contribution in [0.15, 0.2) is 42.5 Å². The maximum Gasteiger partial charge on any atom is 0.418 e. The fraction of sp³-hybridized carbons (Fsp3) is 0.350. The molecule has 30 heavy (non-hydrogen) atoms. The summed E-state index contributed by atoms with van der Waals surface area (Å²) in [6.07, 6.45) is -4.73. The average Bonchev–Trinajstić information content (AvgIpc) is 2.73. The van der Waals surface area contributed by atoms with E-state index in [0.717, 1.165) is 12.1 Å². The number of nitro benzene ring substituents is 1. The minimum Gasteiger partial charge on any atom is -0.494 e. The number of non-ortho nitro benzene ring substituents is 1. The molecule has 0 aliphatic carbocycles. The van der Waals surface area contributed by atoms with E-state index in [1.807, 2.05) is 6.92 Å². The Labute approximate surface area is 170 Å². The zero-order valence-corrected chi connectivity index (χ0v) is 16.2. The number of piperazine rings is 1. The molecule has 2 aromatic carbocycles. The third-order valence-electron chi connectivity index (χ3n) is 4.82. The van der Waals surface area contributed by atoms with Gasteiger partial charge in [-0.3, -0.25) is 14.9 Å². The van der Waals surface area contributed by atoms with Gasteiger partial charge in [0.2, 0.25) is 0 Å². The molecule has 0 saturated carbocycles. The van der Waals surface area contributed by atoms with E-state index in [9.17, 15) is 28.1 Å². The Kier molecular flexibility index (Phi) is 6.14. The summed E-state index contributed by atoms with van der Waals surface area (Å²) in [4.78, 5) is 25.7. The van der Waals surface area contributed by atoms with Crippen molar-refractivity contribution >= 4 is 17.3 Å². The molecule has 0 radical (unpaired) electrons. The molecule has 0 aromatic heterocycles. The number of ether oxygens (including phenoxy) is 1. The summed E-state index contributed by atoms with van der Waals surface area (Å²) in [6, 6.07) is 9.41. The summed E-state index contributed by atoms with van der Waals surface area (Å²) in [7, 11) is 0. The third-order valence-corrected chi connectivity index (χ3v) is 4.82. The molecule has 0 unspecified atom stereocenters. The number of nitro groups is 1. The number of rotatable bonds is 5. The van der Waals surface area contributed by atoms with E-state index in [2.05, 4.69) is 0 Å². The van der Waals surface area contributed by atoms with Crippen LogP contribution >= 0.6 is 0 Å². The Morgan fingerprint density at radius 1 is 1.10 bits per heavy atom. The predicted molar refractivity (Wildman–Crippen MR) is 104 cm³/mol. The van der Waals surface area contributed by atoms with Crippen molar-refractivity contribution in [3.8, 4) is 5.75 Å². The number of hydrogen-bond acceptors (Lipinski definition) is 5. The van der Waals surface area contributed by atoms with E-state index >= 15 is 0 Å². The largest absolute Gasteiger partial charge is 0.494 e. The van der Waals surface area contributed by atoms with Crippen LogP contribution in [-0.2, 0) is 6.18 Å². The normalized spacial score (nSPS) is 14.5. The minimum atomic E-state index is -4.73. The van der Waals surface area contributed by atoms with Crippen LogP contribution in [0.4, 0.5) is 24.5 Å². The van der Waals surface area contributed by atoms with Crippen molar-refractivity contribution in [1.29, 1.82) is 0 Å². The van der Waals surface area contributed by atoms with Gasteiger partial charge in [0.05, 0.1) is 17.1 Å². The Morgan fingerprint density at radius 3 is 2.27 bits per heavy atom. The highest BCUT2D eigenvalue weighted by molar-refractivity contribution is 5.94. The first-order valence-electron chi connectivity index (χ1n) is 9.33. The summed E-state index contributed by atoms with van der Waals surface area (Å²) < 4.78 is 45.7. The summed E-state index contributed by atoms with van der Waals surface area (Å²) in [5.74, 6) is 0.439. The van der Waals surface area contributed by atoms with E-state index in [4.69, 9.17) is 4.74 Å². The summed E-state index contributed by atoms with van der Waals surface area (Å²) in [5, 5.41) is 10.9. The number of alkyl halides is 3. The average molecular weight is 423 g/mol. The molecule has 1 aliphatic rings. The van der Waals surface area contributed by atoms with Gasteiger partial charge in [-0.05, 0) is 37.3 Å². The SMILES string of the molecule is CCOc1ccc(C(=O)N2CCN(c3ccc([N+](=O)[O-])cc3C(F)(F)F)CC2)cc1. The Bertz CT molecular complexity index is 924. The van der Waals surface area contributed by atoms with Gasteiger partial charge in [0.15, 0.2) is 0 Å². The lowest BCUT2D eigenvalue weighted by Gasteiger charge is -2.37. The van der Waals surface area contributed by atoms with Gasteiger partial charge >= 0.3 is 6.18 Å². The smallest absolute Gasteiger partial charge is 0.418 e. The highest BCUT2D eigenvalue weighted by atomic mass is 19.4. The summed E-state index contributed by atoms with van der Waals surface area (Å²) in [5.41, 5.74) is -1.32. The molecule has 2 aromatic rings. The van der Waals surface area contributed by atoms with Gasteiger partial charge in [-0.1, -0.05) is 0 Å². The van der Waals surface area contributed by atoms with Crippen molar-refractivity contribution in [1.82, 2.24) is 4.90 Å². The molecule has 7 nitrogen and oxygen atoms in total. The molecule has 3 rings (SSSR count). The first-order valence-corrected chi connectivity index (χ1v) is 9.33. The Balaban J connectivity index is 1.72. The quantitative estimate of drug-likeness (QED) is 0.537. The highest BCUT2D eigenvalue weighted by Crippen LogP contribution is 2.39. The molecule has 0 atom stereocenters. The number of carbonyl (C=O) groups is 1. The standard InChI is InChI=1S/C20H20F3N3O4/c1-2-30-16-6-3-14(4-7-16)19(27)25-11-9-24(10-12-25)18-8-5-15(26(28)29)13-17(18)20(21,22)23/h3-8,13H,2,9-12H2,1H3. The predicted octanol–water partition coefficient (Wildman–Crippen LogP) is 3.97. The van der Waals surface area contributed by atoms with E-state index in [1.54, 1.807) is 29.2 Å². The molecule has 0 spiro atoms. The Morgan fingerprint density at radius 2 is 1.73 bits per heavy atom. The number of benzene rings is 2. The Hall–Kier alpha value is -3.30. The second kappa shape index (κ2) is 8.60. The third kappa shape index (κ3) is 4.64. The van der Waals surface area contributed by atoms with E-state index < -0.39 is 22.4 Å². The zero-order valence-electron chi connectivity index (χ0n) is 16.2. The van der Waals surface area contributed by atoms with Crippen LogP contribution in [0.2, 0.25) is 0 Å². The van der Waals surface area contributed by atoms with Crippen LogP contribution in [0.1, 0.15) is 22.8 Å². The number of anilines is 1. The lowest BCUT2D eigenvalue weighted by molar-refractivity contribution is -0.385. The first-order chi connectivity index (χ1) is 14.2. The van der Waals surface area contributed by atoms with Crippen molar-refractivity contribution < 1.29 is 27.6 Å². The molecule has 1 heterocycles. The molecule has 1 amide bonds. The number of halogens is 3. The molecular formula is C20H20F3N3O4. The second-order valence-electron chi connectivity index (χ2n) is 6.69. The van der Waals surface area contributed by atoms with E-state index in [0.29, 0.717) is 24.0 Å². The molecule has 0 N–H and O–H groups in total. The highest BCUT2D eigenvalue weighted by Gasteiger charge is 2.37. The number of nitrogens with zero attached hydrogens (tertiary/aromatic N) is 3. The van der Waals surface area contributed by atoms with Gasteiger partial charge in [-0.25, -0.2) is 0 Å². The van der Waals surface area contributed by atoms with Crippen LogP contribution in [-0.4, -0.2) is 48.5 Å². The van der Waals surface area contributed by atoms with Crippen molar-refractivity contribution in [2.45, 2.75) is 13.1 Å². The fourth-order valence-corrected chi connectivity index (χ4v) is 3.33. The molecule has 1 fully saturated rings. The van der Waals surface area contributed by atoms with Gasteiger partial charge in [0, 0.05) is 49.6 Å². The molecule has 0 bridgehead atoms. The molecule has 10 heteroatoms. The van der Waals surface area contributed by atoms with E-state index in [1.165, 1.54) is 4.90 Å². The van der Waals surface area contributed by atoms with Crippen molar-refractivity contribution in [2.24, 2.45) is 0 Å². The van der Waals surface area contributed by atoms with Gasteiger partial charge in [-0.15, -0.1) is 0 Å². The maximum atomic E-state index is 13.4. The fourth-order valence-electron chi connectivity index (χ4n) is 3.33. The summed E-state index contributed by atoms with van der Waals surface area (Å²) >= 11 is 0. The van der Waals surface area contributed by atoms with Gasteiger partial charge < -0.3 is 14.5 Å². The van der Waals surface area contributed by atoms with Gasteiger partial charge in [0.25, 0.3) is 11.6 Å². The first kappa shape index (κ1) is 21.4. The lowest BCUT2D eigenvalue weighted by atomic mass is 10.1. The van der Waals surface area contributed by atoms with Crippen LogP contribution in [0, 0.1) is 10.1 Å². The number of hydrogen-bond donors (Lipinski definition) is 0. The van der Waals surface area contributed by atoms with Crippen LogP contribution < -0.4 is 9.64 Å². The minimum absolute atomic E-state index is 0.124. The van der Waals surface area contributed by atoms with E-state index in [-0.39, 0.29) is 37.8 Å². The summed E-state index contributed by atoms with van der Waals surface area (Å²) in [6.45, 7) is 3.21. The van der Waals surface area contributed by atoms with Crippen LogP contribution in [0.25, 0.3) is 0 Å². The molecule has 1 saturated heterocycles. The monoisotopic (exact) mass is 423 g/mol. The lowest BCUT2D eigenvalue weighted by Crippen LogP contribution is -2.49.